The summed E-state index contributed by atoms with van der Waals surface area (Å²) in [7, 11) is 1.81. The fraction of sp³-hybridized carbons (Fsp3) is 0.381. The van der Waals surface area contributed by atoms with Gasteiger partial charge in [0.1, 0.15) is 0 Å². The Morgan fingerprint density at radius 3 is 2.38 bits per heavy atom. The molecule has 0 unspecified atom stereocenters. The van der Waals surface area contributed by atoms with E-state index in [2.05, 4.69) is 4.98 Å². The molecule has 1 aromatic heterocycles. The van der Waals surface area contributed by atoms with Gasteiger partial charge in [0, 0.05) is 51.6 Å². The SMILES string of the molecule is CC(=O)N(CCC(=O)N(C)CCc1ccncc1)c1cc(C)ccc1C. The summed E-state index contributed by atoms with van der Waals surface area (Å²) in [4.78, 5) is 32.0. The Bertz CT molecular complexity index is 759. The van der Waals surface area contributed by atoms with E-state index < -0.39 is 0 Å². The van der Waals surface area contributed by atoms with Gasteiger partial charge in [-0.3, -0.25) is 14.6 Å². The minimum Gasteiger partial charge on any atom is -0.345 e. The van der Waals surface area contributed by atoms with Gasteiger partial charge in [-0.15, -0.1) is 0 Å². The van der Waals surface area contributed by atoms with E-state index in [1.165, 1.54) is 0 Å². The Hall–Kier alpha value is -2.69. The summed E-state index contributed by atoms with van der Waals surface area (Å²) >= 11 is 0. The fourth-order valence-corrected chi connectivity index (χ4v) is 2.83. The Balaban J connectivity index is 1.94. The van der Waals surface area contributed by atoms with Crippen LogP contribution in [-0.4, -0.2) is 41.8 Å². The lowest BCUT2D eigenvalue weighted by molar-refractivity contribution is -0.129. The number of pyridine rings is 1. The highest BCUT2D eigenvalue weighted by molar-refractivity contribution is 5.93. The van der Waals surface area contributed by atoms with Gasteiger partial charge in [0.25, 0.3) is 0 Å². The van der Waals surface area contributed by atoms with Gasteiger partial charge in [0.05, 0.1) is 0 Å². The zero-order valence-electron chi connectivity index (χ0n) is 16.0. The first-order chi connectivity index (χ1) is 12.4. The monoisotopic (exact) mass is 353 g/mol. The number of hydrogen-bond donors (Lipinski definition) is 0. The Kier molecular flexibility index (Phi) is 6.89. The topological polar surface area (TPSA) is 53.5 Å². The molecular weight excluding hydrogens is 326 g/mol. The Morgan fingerprint density at radius 1 is 1.04 bits per heavy atom. The van der Waals surface area contributed by atoms with Crippen LogP contribution in [0, 0.1) is 13.8 Å². The molecule has 0 fully saturated rings. The van der Waals surface area contributed by atoms with Crippen molar-refractivity contribution in [2.75, 3.05) is 25.0 Å². The van der Waals surface area contributed by atoms with E-state index in [1.807, 2.05) is 44.2 Å². The average molecular weight is 353 g/mol. The number of nitrogens with zero attached hydrogens (tertiary/aromatic N) is 3. The molecule has 2 rings (SSSR count). The zero-order valence-corrected chi connectivity index (χ0v) is 16.0. The second-order valence-corrected chi connectivity index (χ2v) is 6.63. The van der Waals surface area contributed by atoms with Gasteiger partial charge >= 0.3 is 0 Å². The van der Waals surface area contributed by atoms with E-state index in [9.17, 15) is 9.59 Å². The molecule has 0 spiro atoms. The van der Waals surface area contributed by atoms with Gasteiger partial charge in [-0.1, -0.05) is 12.1 Å². The quantitative estimate of drug-likeness (QED) is 0.768. The van der Waals surface area contributed by atoms with Crippen LogP contribution in [0.1, 0.15) is 30.0 Å². The smallest absolute Gasteiger partial charge is 0.224 e. The number of anilines is 1. The minimum absolute atomic E-state index is 0.0376. The molecule has 0 N–H and O–H groups in total. The standard InChI is InChI=1S/C21H27N3O2/c1-16-5-6-17(2)20(15-16)24(18(3)25)14-10-21(26)23(4)13-9-19-7-11-22-12-8-19/h5-8,11-12,15H,9-10,13-14H2,1-4H3. The first-order valence-electron chi connectivity index (χ1n) is 8.86. The molecule has 138 valence electrons. The van der Waals surface area contributed by atoms with Crippen LogP contribution in [0.4, 0.5) is 5.69 Å². The average Bonchev–Trinajstić information content (AvgIpc) is 2.63. The van der Waals surface area contributed by atoms with Gasteiger partial charge < -0.3 is 9.80 Å². The Morgan fingerprint density at radius 2 is 1.73 bits per heavy atom. The molecule has 0 saturated heterocycles. The minimum atomic E-state index is -0.0501. The second kappa shape index (κ2) is 9.13. The van der Waals surface area contributed by atoms with Crippen molar-refractivity contribution in [1.29, 1.82) is 0 Å². The van der Waals surface area contributed by atoms with Crippen molar-refractivity contribution < 1.29 is 9.59 Å². The van der Waals surface area contributed by atoms with Gasteiger partial charge in [0.2, 0.25) is 11.8 Å². The third-order valence-electron chi connectivity index (χ3n) is 4.50. The summed E-state index contributed by atoms with van der Waals surface area (Å²) in [5.74, 6) is -0.0125. The molecule has 0 aliphatic rings. The van der Waals surface area contributed by atoms with Crippen molar-refractivity contribution in [3.05, 3.63) is 59.4 Å². The lowest BCUT2D eigenvalue weighted by Gasteiger charge is -2.25. The number of likely N-dealkylation sites (N-methyl/N-ethyl adjacent to an activating group) is 1. The van der Waals surface area contributed by atoms with Crippen LogP contribution in [0.3, 0.4) is 0 Å². The summed E-state index contributed by atoms with van der Waals surface area (Å²) < 4.78 is 0. The van der Waals surface area contributed by atoms with E-state index in [0.29, 0.717) is 19.5 Å². The Labute approximate surface area is 155 Å². The van der Waals surface area contributed by atoms with Crippen LogP contribution in [0.15, 0.2) is 42.7 Å². The predicted octanol–water partition coefficient (Wildman–Crippen LogP) is 3.14. The van der Waals surface area contributed by atoms with E-state index in [-0.39, 0.29) is 11.8 Å². The molecule has 0 aliphatic carbocycles. The molecule has 2 aromatic rings. The molecule has 5 nitrogen and oxygen atoms in total. The lowest BCUT2D eigenvalue weighted by atomic mass is 10.1. The van der Waals surface area contributed by atoms with E-state index in [4.69, 9.17) is 0 Å². The van der Waals surface area contributed by atoms with E-state index in [1.54, 1.807) is 36.2 Å². The number of amides is 2. The van der Waals surface area contributed by atoms with Crippen molar-refractivity contribution in [2.45, 2.75) is 33.6 Å². The van der Waals surface area contributed by atoms with E-state index in [0.717, 1.165) is 28.8 Å². The molecule has 5 heteroatoms. The molecule has 0 atom stereocenters. The van der Waals surface area contributed by atoms with Crippen molar-refractivity contribution in [3.8, 4) is 0 Å². The van der Waals surface area contributed by atoms with Crippen LogP contribution >= 0.6 is 0 Å². The molecule has 0 radical (unpaired) electrons. The summed E-state index contributed by atoms with van der Waals surface area (Å²) in [6.45, 7) is 6.55. The van der Waals surface area contributed by atoms with Crippen LogP contribution < -0.4 is 4.90 Å². The van der Waals surface area contributed by atoms with Gasteiger partial charge in [-0.2, -0.15) is 0 Å². The summed E-state index contributed by atoms with van der Waals surface area (Å²) in [6, 6.07) is 9.93. The fourth-order valence-electron chi connectivity index (χ4n) is 2.83. The van der Waals surface area contributed by atoms with Crippen molar-refractivity contribution in [1.82, 2.24) is 9.88 Å². The van der Waals surface area contributed by atoms with Crippen molar-refractivity contribution in [3.63, 3.8) is 0 Å². The van der Waals surface area contributed by atoms with Crippen LogP contribution in [0.2, 0.25) is 0 Å². The van der Waals surface area contributed by atoms with Crippen LogP contribution in [0.25, 0.3) is 0 Å². The predicted molar refractivity (Wildman–Crippen MR) is 104 cm³/mol. The maximum atomic E-state index is 12.5. The molecular formula is C21H27N3O2. The number of aromatic nitrogens is 1. The first kappa shape index (κ1) is 19.6. The van der Waals surface area contributed by atoms with Crippen molar-refractivity contribution in [2.24, 2.45) is 0 Å². The van der Waals surface area contributed by atoms with Gasteiger partial charge in [-0.25, -0.2) is 0 Å². The number of carbonyl (C=O) groups is 2. The third kappa shape index (κ3) is 5.41. The highest BCUT2D eigenvalue weighted by Crippen LogP contribution is 2.22. The maximum absolute atomic E-state index is 12.5. The summed E-state index contributed by atoms with van der Waals surface area (Å²) in [6.07, 6.45) is 4.61. The number of carbonyl (C=O) groups excluding carboxylic acids is 2. The van der Waals surface area contributed by atoms with Crippen molar-refractivity contribution >= 4 is 17.5 Å². The van der Waals surface area contributed by atoms with Crippen LogP contribution in [-0.2, 0) is 16.0 Å². The molecule has 0 aliphatic heterocycles. The highest BCUT2D eigenvalue weighted by atomic mass is 16.2. The number of aryl methyl sites for hydroxylation is 2. The summed E-state index contributed by atoms with van der Waals surface area (Å²) in [5, 5.41) is 0. The molecule has 1 heterocycles. The molecule has 1 aromatic carbocycles. The normalized spacial score (nSPS) is 10.5. The maximum Gasteiger partial charge on any atom is 0.224 e. The molecule has 26 heavy (non-hydrogen) atoms. The summed E-state index contributed by atoms with van der Waals surface area (Å²) in [5.41, 5.74) is 4.16. The van der Waals surface area contributed by atoms with E-state index >= 15 is 0 Å². The number of benzene rings is 1. The largest absolute Gasteiger partial charge is 0.345 e. The second-order valence-electron chi connectivity index (χ2n) is 6.63. The lowest BCUT2D eigenvalue weighted by Crippen LogP contribution is -2.35. The van der Waals surface area contributed by atoms with Crippen LogP contribution in [0.5, 0.6) is 0 Å². The number of rotatable bonds is 7. The first-order valence-corrected chi connectivity index (χ1v) is 8.86. The van der Waals surface area contributed by atoms with Gasteiger partial charge in [0.15, 0.2) is 0 Å². The third-order valence-corrected chi connectivity index (χ3v) is 4.50. The highest BCUT2D eigenvalue weighted by Gasteiger charge is 2.17. The number of hydrogen-bond acceptors (Lipinski definition) is 3. The van der Waals surface area contributed by atoms with Gasteiger partial charge in [-0.05, 0) is 55.2 Å². The molecule has 0 bridgehead atoms. The molecule has 2 amide bonds. The molecule has 0 saturated carbocycles. The zero-order chi connectivity index (χ0) is 19.1.